The van der Waals surface area contributed by atoms with Crippen LogP contribution >= 0.6 is 67.6 Å². The number of ether oxygens (including phenoxy) is 4. The largest absolute Gasteiger partial charge is 0.461 e. The van der Waals surface area contributed by atoms with Gasteiger partial charge in [-0.1, -0.05) is 67.6 Å². The number of rotatable bonds is 12. The molecule has 0 radical (unpaired) electrons. The number of carbonyl (C=O) groups is 4. The van der Waals surface area contributed by atoms with E-state index in [1.165, 1.54) is 0 Å². The Balaban J connectivity index is 4.55. The monoisotopic (exact) mass is 666 g/mol. The molecule has 0 amide bonds. The number of thiocarbonyl (C=S) groups is 1. The molecule has 0 aliphatic rings. The van der Waals surface area contributed by atoms with Gasteiger partial charge in [0.25, 0.3) is 0 Å². The summed E-state index contributed by atoms with van der Waals surface area (Å²) in [4.78, 5) is 48.3. The van der Waals surface area contributed by atoms with Gasteiger partial charge in [0, 0.05) is 0 Å². The standard InChI is InChI=1S/C21H32Br2O8S3/c1-18(2,22)13(24)28-9-11-30-15(26)20(5,6)33-17(32)34-21(7,8)16(27)31-12-10-29-14(25)19(3,4)23/h9-12H2,1-8H3. The van der Waals surface area contributed by atoms with E-state index in [2.05, 4.69) is 31.9 Å². The van der Waals surface area contributed by atoms with Crippen molar-refractivity contribution in [1.82, 2.24) is 0 Å². The Morgan fingerprint density at radius 1 is 0.588 bits per heavy atom. The maximum absolute atomic E-state index is 12.4. The van der Waals surface area contributed by atoms with Gasteiger partial charge in [-0.2, -0.15) is 0 Å². The highest BCUT2D eigenvalue weighted by atomic mass is 79.9. The lowest BCUT2D eigenvalue weighted by molar-refractivity contribution is -0.154. The molecule has 0 fully saturated rings. The highest BCUT2D eigenvalue weighted by Crippen LogP contribution is 2.38. The molecule has 0 aromatic heterocycles. The molecule has 0 rings (SSSR count). The molecule has 0 spiro atoms. The van der Waals surface area contributed by atoms with Gasteiger partial charge in [-0.15, -0.1) is 0 Å². The minimum absolute atomic E-state index is 0.0686. The van der Waals surface area contributed by atoms with Gasteiger partial charge in [0.1, 0.15) is 48.1 Å². The SMILES string of the molecule is CC(C)(Br)C(=O)OCCOC(=O)C(C)(C)SC(=S)SC(C)(C)C(=O)OCCOC(=O)C(C)(C)Br. The summed E-state index contributed by atoms with van der Waals surface area (Å²) in [5.41, 5.74) is 0. The van der Waals surface area contributed by atoms with Gasteiger partial charge in [-0.05, 0) is 55.4 Å². The first-order valence-electron chi connectivity index (χ1n) is 10.2. The number of hydrogen-bond acceptors (Lipinski definition) is 11. The zero-order valence-electron chi connectivity index (χ0n) is 20.6. The van der Waals surface area contributed by atoms with Gasteiger partial charge >= 0.3 is 23.9 Å². The molecular formula is C21H32Br2O8S3. The molecule has 0 aliphatic heterocycles. The van der Waals surface area contributed by atoms with Crippen LogP contribution in [0.5, 0.6) is 0 Å². The Morgan fingerprint density at radius 3 is 1.06 bits per heavy atom. The molecular weight excluding hydrogens is 636 g/mol. The highest BCUT2D eigenvalue weighted by molar-refractivity contribution is 9.10. The zero-order chi connectivity index (χ0) is 27.0. The number of thioether (sulfide) groups is 2. The second-order valence-electron chi connectivity index (χ2n) is 8.96. The van der Waals surface area contributed by atoms with Crippen LogP contribution in [0.1, 0.15) is 55.4 Å². The summed E-state index contributed by atoms with van der Waals surface area (Å²) in [6, 6.07) is 0. The Bertz CT molecular complexity index is 709. The van der Waals surface area contributed by atoms with E-state index >= 15 is 0 Å². The van der Waals surface area contributed by atoms with E-state index in [4.69, 9.17) is 31.2 Å². The molecule has 13 heteroatoms. The van der Waals surface area contributed by atoms with Crippen LogP contribution in [0.2, 0.25) is 0 Å². The molecule has 8 nitrogen and oxygen atoms in total. The zero-order valence-corrected chi connectivity index (χ0v) is 26.2. The summed E-state index contributed by atoms with van der Waals surface area (Å²) in [5.74, 6) is -2.00. The van der Waals surface area contributed by atoms with Crippen molar-refractivity contribution in [3.05, 3.63) is 0 Å². The lowest BCUT2D eigenvalue weighted by Crippen LogP contribution is -2.35. The lowest BCUT2D eigenvalue weighted by atomic mass is 10.2. The second-order valence-corrected chi connectivity index (χ2v) is 17.4. The highest BCUT2D eigenvalue weighted by Gasteiger charge is 2.37. The minimum atomic E-state index is -1.03. The maximum atomic E-state index is 12.4. The number of halogens is 2. The summed E-state index contributed by atoms with van der Waals surface area (Å²) < 4.78 is 17.1. The Kier molecular flexibility index (Phi) is 13.7. The molecule has 0 saturated carbocycles. The number of esters is 4. The molecule has 196 valence electrons. The predicted octanol–water partition coefficient (Wildman–Crippen LogP) is 4.81. The topological polar surface area (TPSA) is 105 Å². The summed E-state index contributed by atoms with van der Waals surface area (Å²) in [6.07, 6.45) is 0. The number of alkyl halides is 2. The summed E-state index contributed by atoms with van der Waals surface area (Å²) >= 11 is 13.9. The first kappa shape index (κ1) is 33.6. The number of carbonyl (C=O) groups excluding carboxylic acids is 4. The van der Waals surface area contributed by atoms with Crippen LogP contribution in [0.25, 0.3) is 0 Å². The third-order valence-electron chi connectivity index (χ3n) is 3.73. The first-order chi connectivity index (χ1) is 15.2. The Hall–Kier alpha value is -0.370. The van der Waals surface area contributed by atoms with E-state index < -0.39 is 42.0 Å². The third-order valence-corrected chi connectivity index (χ3v) is 7.07. The minimum Gasteiger partial charge on any atom is -0.461 e. The predicted molar refractivity (Wildman–Crippen MR) is 146 cm³/mol. The van der Waals surface area contributed by atoms with Gasteiger partial charge < -0.3 is 18.9 Å². The Morgan fingerprint density at radius 2 is 0.824 bits per heavy atom. The van der Waals surface area contributed by atoms with Crippen molar-refractivity contribution in [2.45, 2.75) is 73.5 Å². The average molecular weight is 668 g/mol. The normalized spacial score (nSPS) is 12.5. The van der Waals surface area contributed by atoms with Gasteiger partial charge in [0.15, 0.2) is 0 Å². The molecule has 0 aromatic carbocycles. The van der Waals surface area contributed by atoms with Gasteiger partial charge in [0.05, 0.1) is 0 Å². The van der Waals surface area contributed by atoms with Crippen molar-refractivity contribution in [3.63, 3.8) is 0 Å². The van der Waals surface area contributed by atoms with Crippen LogP contribution in [0.3, 0.4) is 0 Å². The summed E-state index contributed by atoms with van der Waals surface area (Å²) in [7, 11) is 0. The smallest absolute Gasteiger partial charge is 0.322 e. The Labute approximate surface area is 231 Å². The second kappa shape index (κ2) is 13.8. The third kappa shape index (κ3) is 13.1. The molecule has 0 aromatic rings. The van der Waals surface area contributed by atoms with Crippen molar-refractivity contribution in [1.29, 1.82) is 0 Å². The summed E-state index contributed by atoms with van der Waals surface area (Å²) in [5, 5.41) is 0. The molecule has 0 saturated heterocycles. The van der Waals surface area contributed by atoms with E-state index in [0.717, 1.165) is 23.5 Å². The van der Waals surface area contributed by atoms with Crippen molar-refractivity contribution in [3.8, 4) is 0 Å². The maximum Gasteiger partial charge on any atom is 0.322 e. The van der Waals surface area contributed by atoms with E-state index in [9.17, 15) is 19.2 Å². The summed E-state index contributed by atoms with van der Waals surface area (Å²) in [6.45, 7) is 12.9. The molecule has 0 unspecified atom stereocenters. The van der Waals surface area contributed by atoms with Crippen LogP contribution in [0, 0.1) is 0 Å². The van der Waals surface area contributed by atoms with Crippen molar-refractivity contribution in [2.24, 2.45) is 0 Å². The quantitative estimate of drug-likeness (QED) is 0.0941. The van der Waals surface area contributed by atoms with Crippen molar-refractivity contribution >= 4 is 95.0 Å². The van der Waals surface area contributed by atoms with Crippen molar-refractivity contribution < 1.29 is 38.1 Å². The fraction of sp³-hybridized carbons (Fsp3) is 0.762. The molecule has 34 heavy (non-hydrogen) atoms. The van der Waals surface area contributed by atoms with Gasteiger partial charge in [-0.25, -0.2) is 0 Å². The van der Waals surface area contributed by atoms with Crippen LogP contribution in [0.15, 0.2) is 0 Å². The molecule has 0 aliphatic carbocycles. The fourth-order valence-electron chi connectivity index (χ4n) is 1.75. The fourth-order valence-corrected chi connectivity index (χ4v) is 5.76. The van der Waals surface area contributed by atoms with Gasteiger partial charge in [-0.3, -0.25) is 19.2 Å². The van der Waals surface area contributed by atoms with Crippen LogP contribution < -0.4 is 0 Å². The van der Waals surface area contributed by atoms with Crippen LogP contribution in [-0.4, -0.2) is 72.0 Å². The van der Waals surface area contributed by atoms with E-state index in [1.807, 2.05) is 0 Å². The lowest BCUT2D eigenvalue weighted by Gasteiger charge is -2.26. The molecule has 0 bridgehead atoms. The van der Waals surface area contributed by atoms with Crippen molar-refractivity contribution in [2.75, 3.05) is 26.4 Å². The van der Waals surface area contributed by atoms with E-state index in [1.54, 1.807) is 55.4 Å². The molecule has 0 heterocycles. The van der Waals surface area contributed by atoms with Crippen LogP contribution in [-0.2, 0) is 38.1 Å². The van der Waals surface area contributed by atoms with E-state index in [-0.39, 0.29) is 26.4 Å². The average Bonchev–Trinajstić information content (AvgIpc) is 2.65. The van der Waals surface area contributed by atoms with Gasteiger partial charge in [0.2, 0.25) is 0 Å². The number of hydrogen-bond donors (Lipinski definition) is 0. The molecule has 0 atom stereocenters. The molecule has 0 N–H and O–H groups in total. The van der Waals surface area contributed by atoms with Crippen LogP contribution in [0.4, 0.5) is 0 Å². The van der Waals surface area contributed by atoms with E-state index in [0.29, 0.717) is 3.53 Å². The first-order valence-corrected chi connectivity index (χ1v) is 13.8.